The fourth-order valence-corrected chi connectivity index (χ4v) is 2.79. The standard InChI is InChI=1S/C25H22N2O3/c1-29-23-13-11-19(12-14-23)17-27-25(28)22(16-26)15-21-9-5-6-10-24(21)30-18-20-7-3-2-4-8-20/h2-15H,17-18H2,1H3,(H,27,28)/b22-15-. The minimum Gasteiger partial charge on any atom is -0.497 e. The molecule has 5 heteroatoms. The topological polar surface area (TPSA) is 71.3 Å². The minimum atomic E-state index is -0.439. The molecule has 0 aliphatic carbocycles. The van der Waals surface area contributed by atoms with E-state index in [0.29, 0.717) is 24.5 Å². The van der Waals surface area contributed by atoms with Gasteiger partial charge >= 0.3 is 0 Å². The van der Waals surface area contributed by atoms with Gasteiger partial charge in [0.05, 0.1) is 7.11 Å². The largest absolute Gasteiger partial charge is 0.497 e. The Labute approximate surface area is 176 Å². The summed E-state index contributed by atoms with van der Waals surface area (Å²) in [5, 5.41) is 12.3. The van der Waals surface area contributed by atoms with Crippen molar-refractivity contribution in [1.82, 2.24) is 5.32 Å². The van der Waals surface area contributed by atoms with E-state index < -0.39 is 5.91 Å². The van der Waals surface area contributed by atoms with Crippen molar-refractivity contribution in [1.29, 1.82) is 5.26 Å². The van der Waals surface area contributed by atoms with E-state index in [4.69, 9.17) is 9.47 Å². The van der Waals surface area contributed by atoms with Crippen LogP contribution in [0.2, 0.25) is 0 Å². The summed E-state index contributed by atoms with van der Waals surface area (Å²) in [5.41, 5.74) is 2.63. The van der Waals surface area contributed by atoms with E-state index in [1.54, 1.807) is 13.2 Å². The smallest absolute Gasteiger partial charge is 0.262 e. The SMILES string of the molecule is COc1ccc(CNC(=O)/C(C#N)=C\c2ccccc2OCc2ccccc2)cc1. The highest BCUT2D eigenvalue weighted by molar-refractivity contribution is 6.01. The fraction of sp³-hybridized carbons (Fsp3) is 0.120. The number of carbonyl (C=O) groups excluding carboxylic acids is 1. The number of carbonyl (C=O) groups is 1. The number of amides is 1. The average molecular weight is 398 g/mol. The van der Waals surface area contributed by atoms with Gasteiger partial charge < -0.3 is 14.8 Å². The number of benzene rings is 3. The molecule has 0 bridgehead atoms. The van der Waals surface area contributed by atoms with Crippen LogP contribution in [-0.4, -0.2) is 13.0 Å². The van der Waals surface area contributed by atoms with Crippen LogP contribution in [0.3, 0.4) is 0 Å². The normalized spacial score (nSPS) is 10.7. The highest BCUT2D eigenvalue weighted by Gasteiger charge is 2.11. The summed E-state index contributed by atoms with van der Waals surface area (Å²) in [7, 11) is 1.60. The molecule has 0 aromatic heterocycles. The minimum absolute atomic E-state index is 0.0132. The molecule has 1 amide bonds. The second kappa shape index (κ2) is 10.5. The van der Waals surface area contributed by atoms with Crippen LogP contribution in [0.15, 0.2) is 84.4 Å². The van der Waals surface area contributed by atoms with Gasteiger partial charge in [0.1, 0.15) is 29.7 Å². The Kier molecular flexibility index (Phi) is 7.23. The number of hydrogen-bond donors (Lipinski definition) is 1. The first-order valence-electron chi connectivity index (χ1n) is 9.48. The van der Waals surface area contributed by atoms with Crippen LogP contribution in [0, 0.1) is 11.3 Å². The summed E-state index contributed by atoms with van der Waals surface area (Å²) in [4.78, 5) is 12.5. The van der Waals surface area contributed by atoms with Crippen molar-refractivity contribution < 1.29 is 14.3 Å². The number of ether oxygens (including phenoxy) is 2. The molecule has 30 heavy (non-hydrogen) atoms. The number of hydrogen-bond acceptors (Lipinski definition) is 4. The molecule has 0 saturated carbocycles. The first-order valence-corrected chi connectivity index (χ1v) is 9.48. The van der Waals surface area contributed by atoms with Gasteiger partial charge in [-0.1, -0.05) is 60.7 Å². The summed E-state index contributed by atoms with van der Waals surface area (Å²) in [5.74, 6) is 0.915. The van der Waals surface area contributed by atoms with Gasteiger partial charge in [-0.3, -0.25) is 4.79 Å². The third-order valence-corrected chi connectivity index (χ3v) is 4.43. The Bertz CT molecular complexity index is 1050. The van der Waals surface area contributed by atoms with E-state index in [9.17, 15) is 10.1 Å². The van der Waals surface area contributed by atoms with Crippen LogP contribution in [0.1, 0.15) is 16.7 Å². The Morgan fingerprint density at radius 2 is 1.67 bits per heavy atom. The molecule has 0 spiro atoms. The molecular weight excluding hydrogens is 376 g/mol. The van der Waals surface area contributed by atoms with E-state index in [2.05, 4.69) is 5.32 Å². The van der Waals surface area contributed by atoms with Crippen LogP contribution >= 0.6 is 0 Å². The van der Waals surface area contributed by atoms with E-state index in [0.717, 1.165) is 16.9 Å². The number of nitrogens with zero attached hydrogens (tertiary/aromatic N) is 1. The maximum Gasteiger partial charge on any atom is 0.262 e. The molecule has 0 radical (unpaired) electrons. The van der Waals surface area contributed by atoms with Gasteiger partial charge in [0.15, 0.2) is 0 Å². The summed E-state index contributed by atoms with van der Waals surface area (Å²) < 4.78 is 11.0. The molecule has 150 valence electrons. The zero-order chi connectivity index (χ0) is 21.2. The lowest BCUT2D eigenvalue weighted by Crippen LogP contribution is -2.23. The van der Waals surface area contributed by atoms with Crippen molar-refractivity contribution >= 4 is 12.0 Å². The van der Waals surface area contributed by atoms with Crippen LogP contribution in [0.4, 0.5) is 0 Å². The molecule has 3 aromatic rings. The summed E-state index contributed by atoms with van der Waals surface area (Å²) >= 11 is 0. The quantitative estimate of drug-likeness (QED) is 0.448. The van der Waals surface area contributed by atoms with Crippen molar-refractivity contribution in [2.75, 3.05) is 7.11 Å². The molecule has 0 aliphatic rings. The van der Waals surface area contributed by atoms with Crippen LogP contribution in [0.25, 0.3) is 6.08 Å². The summed E-state index contributed by atoms with van der Waals surface area (Å²) in [6.45, 7) is 0.714. The molecule has 0 heterocycles. The molecule has 0 saturated heterocycles. The summed E-state index contributed by atoms with van der Waals surface area (Å²) in [6.07, 6.45) is 1.55. The lowest BCUT2D eigenvalue weighted by molar-refractivity contribution is -0.117. The molecule has 1 N–H and O–H groups in total. The van der Waals surface area contributed by atoms with Gasteiger partial charge in [-0.15, -0.1) is 0 Å². The van der Waals surface area contributed by atoms with Crippen molar-refractivity contribution in [3.8, 4) is 17.6 Å². The van der Waals surface area contributed by atoms with E-state index in [1.807, 2.05) is 84.9 Å². The van der Waals surface area contributed by atoms with Gasteiger partial charge in [0.25, 0.3) is 5.91 Å². The first kappa shape index (κ1) is 20.7. The first-order chi connectivity index (χ1) is 14.7. The van der Waals surface area contributed by atoms with Gasteiger partial charge in [-0.2, -0.15) is 5.26 Å². The lowest BCUT2D eigenvalue weighted by Gasteiger charge is -2.10. The highest BCUT2D eigenvalue weighted by atomic mass is 16.5. The van der Waals surface area contributed by atoms with Gasteiger partial charge in [0, 0.05) is 12.1 Å². The highest BCUT2D eigenvalue weighted by Crippen LogP contribution is 2.22. The number of rotatable bonds is 8. The zero-order valence-electron chi connectivity index (χ0n) is 16.7. The molecule has 0 atom stereocenters. The summed E-state index contributed by atoms with van der Waals surface area (Å²) in [6, 6.07) is 26.5. The van der Waals surface area contributed by atoms with Crippen molar-refractivity contribution in [2.24, 2.45) is 0 Å². The monoisotopic (exact) mass is 398 g/mol. The fourth-order valence-electron chi connectivity index (χ4n) is 2.79. The molecule has 0 aliphatic heterocycles. The predicted octanol–water partition coefficient (Wildman–Crippen LogP) is 4.50. The Morgan fingerprint density at radius 1 is 0.967 bits per heavy atom. The van der Waals surface area contributed by atoms with E-state index in [1.165, 1.54) is 0 Å². The second-order valence-electron chi connectivity index (χ2n) is 6.51. The van der Waals surface area contributed by atoms with Gasteiger partial charge in [-0.25, -0.2) is 0 Å². The van der Waals surface area contributed by atoms with E-state index >= 15 is 0 Å². The maximum atomic E-state index is 12.5. The molecule has 3 aromatic carbocycles. The lowest BCUT2D eigenvalue weighted by atomic mass is 10.1. The Morgan fingerprint density at radius 3 is 2.37 bits per heavy atom. The van der Waals surface area contributed by atoms with Gasteiger partial charge in [0.2, 0.25) is 0 Å². The van der Waals surface area contributed by atoms with Crippen molar-refractivity contribution in [3.63, 3.8) is 0 Å². The number of methoxy groups -OCH3 is 1. The number of nitrogens with one attached hydrogen (secondary N) is 1. The number of para-hydroxylation sites is 1. The second-order valence-corrected chi connectivity index (χ2v) is 6.51. The third-order valence-electron chi connectivity index (χ3n) is 4.43. The zero-order valence-corrected chi connectivity index (χ0v) is 16.7. The van der Waals surface area contributed by atoms with Crippen LogP contribution in [0.5, 0.6) is 11.5 Å². The predicted molar refractivity (Wildman–Crippen MR) is 116 cm³/mol. The van der Waals surface area contributed by atoms with Crippen LogP contribution in [-0.2, 0) is 17.9 Å². The van der Waals surface area contributed by atoms with Crippen molar-refractivity contribution in [2.45, 2.75) is 13.2 Å². The molecule has 0 fully saturated rings. The average Bonchev–Trinajstić information content (AvgIpc) is 2.81. The molecule has 0 unspecified atom stereocenters. The number of nitriles is 1. The maximum absolute atomic E-state index is 12.5. The van der Waals surface area contributed by atoms with Crippen molar-refractivity contribution in [3.05, 3.63) is 101 Å². The molecule has 3 rings (SSSR count). The third kappa shape index (κ3) is 5.73. The Hall–Kier alpha value is -4.04. The van der Waals surface area contributed by atoms with E-state index in [-0.39, 0.29) is 5.57 Å². The van der Waals surface area contributed by atoms with Gasteiger partial charge in [-0.05, 0) is 35.4 Å². The molecular formula is C25H22N2O3. The molecule has 5 nitrogen and oxygen atoms in total. The Balaban J connectivity index is 1.68. The van der Waals surface area contributed by atoms with Crippen LogP contribution < -0.4 is 14.8 Å².